The Labute approximate surface area is 200 Å². The average Bonchev–Trinajstić information content (AvgIpc) is 2.80. The third-order valence-electron chi connectivity index (χ3n) is 6.70. The van der Waals surface area contributed by atoms with E-state index in [2.05, 4.69) is 39.5 Å². The zero-order valence-corrected chi connectivity index (χ0v) is 22.3. The highest BCUT2D eigenvalue weighted by Gasteiger charge is 2.22. The molecule has 0 bridgehead atoms. The van der Waals surface area contributed by atoms with Crippen molar-refractivity contribution in [3.63, 3.8) is 0 Å². The first kappa shape index (κ1) is 30.9. The third-order valence-corrected chi connectivity index (χ3v) is 6.70. The lowest BCUT2D eigenvalue weighted by Crippen LogP contribution is -2.39. The summed E-state index contributed by atoms with van der Waals surface area (Å²) >= 11 is 0. The molecule has 0 radical (unpaired) electrons. The van der Waals surface area contributed by atoms with E-state index in [4.69, 9.17) is 4.74 Å². The Morgan fingerprint density at radius 2 is 1.16 bits per heavy atom. The smallest absolute Gasteiger partial charge is 0.306 e. The summed E-state index contributed by atoms with van der Waals surface area (Å²) in [7, 11) is 0. The maximum Gasteiger partial charge on any atom is 0.306 e. The lowest BCUT2D eigenvalue weighted by Gasteiger charge is -2.31. The van der Waals surface area contributed by atoms with Gasteiger partial charge in [-0.25, -0.2) is 0 Å². The number of unbranched alkanes of at least 4 members (excludes halogenated alkanes) is 7. The molecule has 4 heteroatoms. The summed E-state index contributed by atoms with van der Waals surface area (Å²) < 4.78 is 5.38. The Kier molecular flexibility index (Phi) is 21.0. The van der Waals surface area contributed by atoms with Gasteiger partial charge in [0.2, 0.25) is 5.91 Å². The van der Waals surface area contributed by atoms with E-state index < -0.39 is 0 Å². The summed E-state index contributed by atoms with van der Waals surface area (Å²) in [6.45, 7) is 13.3. The lowest BCUT2D eigenvalue weighted by atomic mass is 9.95. The minimum Gasteiger partial charge on any atom is -0.466 e. The summed E-state index contributed by atoms with van der Waals surface area (Å²) in [5, 5.41) is 0. The van der Waals surface area contributed by atoms with E-state index in [0.717, 1.165) is 38.8 Å². The highest BCUT2D eigenvalue weighted by molar-refractivity contribution is 5.81. The second-order valence-electron chi connectivity index (χ2n) is 9.62. The first-order valence-electron chi connectivity index (χ1n) is 13.9. The standard InChI is InChI=1S/C28H55NO3/c1-6-11-14-15-16-17-22-32-28(31)21-20-27(30)29(23-25(9-4)18-12-7-2)24-26(10-5)19-13-8-3/h25-26H,6-24H2,1-5H3. The molecule has 2 unspecified atom stereocenters. The van der Waals surface area contributed by atoms with Gasteiger partial charge in [-0.15, -0.1) is 0 Å². The van der Waals surface area contributed by atoms with Gasteiger partial charge < -0.3 is 9.64 Å². The molecule has 0 aliphatic heterocycles. The Bertz CT molecular complexity index is 434. The summed E-state index contributed by atoms with van der Waals surface area (Å²) in [6.07, 6.45) is 17.0. The van der Waals surface area contributed by atoms with Gasteiger partial charge >= 0.3 is 5.97 Å². The second-order valence-corrected chi connectivity index (χ2v) is 9.62. The van der Waals surface area contributed by atoms with Crippen molar-refractivity contribution in [3.05, 3.63) is 0 Å². The average molecular weight is 454 g/mol. The summed E-state index contributed by atoms with van der Waals surface area (Å²) in [6, 6.07) is 0. The predicted octanol–water partition coefficient (Wildman–Crippen LogP) is 7.93. The molecular formula is C28H55NO3. The number of carbonyl (C=O) groups excluding carboxylic acids is 2. The van der Waals surface area contributed by atoms with Crippen molar-refractivity contribution in [3.8, 4) is 0 Å². The molecule has 0 aliphatic carbocycles. The molecule has 0 N–H and O–H groups in total. The van der Waals surface area contributed by atoms with E-state index in [1.807, 2.05) is 0 Å². The number of amides is 1. The highest BCUT2D eigenvalue weighted by atomic mass is 16.5. The quantitative estimate of drug-likeness (QED) is 0.123. The van der Waals surface area contributed by atoms with E-state index in [0.29, 0.717) is 18.4 Å². The van der Waals surface area contributed by atoms with Crippen LogP contribution in [0.2, 0.25) is 0 Å². The number of ether oxygens (including phenoxy) is 1. The Morgan fingerprint density at radius 3 is 1.66 bits per heavy atom. The molecule has 1 amide bonds. The van der Waals surface area contributed by atoms with Crippen LogP contribution in [0.4, 0.5) is 0 Å². The van der Waals surface area contributed by atoms with Crippen LogP contribution in [0.25, 0.3) is 0 Å². The van der Waals surface area contributed by atoms with Gasteiger partial charge in [-0.3, -0.25) is 9.59 Å². The van der Waals surface area contributed by atoms with Crippen LogP contribution < -0.4 is 0 Å². The van der Waals surface area contributed by atoms with Crippen LogP contribution in [0, 0.1) is 11.8 Å². The van der Waals surface area contributed by atoms with Gasteiger partial charge in [0.15, 0.2) is 0 Å². The molecule has 0 spiro atoms. The molecule has 0 aromatic rings. The Hall–Kier alpha value is -1.06. The zero-order chi connectivity index (χ0) is 24.0. The molecule has 0 heterocycles. The van der Waals surface area contributed by atoms with Crippen LogP contribution in [0.3, 0.4) is 0 Å². The fourth-order valence-electron chi connectivity index (χ4n) is 4.24. The maximum atomic E-state index is 13.1. The molecule has 0 fully saturated rings. The molecule has 4 nitrogen and oxygen atoms in total. The molecule has 190 valence electrons. The van der Waals surface area contributed by atoms with Crippen molar-refractivity contribution in [2.45, 2.75) is 137 Å². The van der Waals surface area contributed by atoms with Crippen LogP contribution in [-0.4, -0.2) is 36.5 Å². The topological polar surface area (TPSA) is 46.6 Å². The highest BCUT2D eigenvalue weighted by Crippen LogP contribution is 2.20. The normalized spacial score (nSPS) is 13.0. The van der Waals surface area contributed by atoms with Crippen molar-refractivity contribution in [2.24, 2.45) is 11.8 Å². The van der Waals surface area contributed by atoms with Gasteiger partial charge in [0, 0.05) is 19.5 Å². The number of nitrogens with zero attached hydrogens (tertiary/aromatic N) is 1. The number of esters is 1. The van der Waals surface area contributed by atoms with Crippen molar-refractivity contribution in [2.75, 3.05) is 19.7 Å². The maximum absolute atomic E-state index is 13.1. The van der Waals surface area contributed by atoms with Gasteiger partial charge in [-0.2, -0.15) is 0 Å². The molecule has 0 aromatic carbocycles. The second kappa shape index (κ2) is 21.8. The largest absolute Gasteiger partial charge is 0.466 e. The van der Waals surface area contributed by atoms with E-state index in [-0.39, 0.29) is 24.7 Å². The molecule has 0 aromatic heterocycles. The number of carbonyl (C=O) groups is 2. The van der Waals surface area contributed by atoms with Crippen molar-refractivity contribution >= 4 is 11.9 Å². The van der Waals surface area contributed by atoms with E-state index in [1.165, 1.54) is 64.2 Å². The molecule has 0 aliphatic rings. The van der Waals surface area contributed by atoms with Crippen LogP contribution >= 0.6 is 0 Å². The third kappa shape index (κ3) is 16.6. The van der Waals surface area contributed by atoms with E-state index in [9.17, 15) is 9.59 Å². The Morgan fingerprint density at radius 1 is 0.656 bits per heavy atom. The first-order chi connectivity index (χ1) is 15.5. The molecule has 0 saturated heterocycles. The number of hydrogen-bond donors (Lipinski definition) is 0. The molecular weight excluding hydrogens is 398 g/mol. The molecule has 32 heavy (non-hydrogen) atoms. The van der Waals surface area contributed by atoms with Crippen LogP contribution in [0.15, 0.2) is 0 Å². The van der Waals surface area contributed by atoms with Crippen molar-refractivity contribution in [1.29, 1.82) is 0 Å². The summed E-state index contributed by atoms with van der Waals surface area (Å²) in [5.74, 6) is 1.03. The zero-order valence-electron chi connectivity index (χ0n) is 22.3. The SMILES string of the molecule is CCCCCCCCOC(=O)CCC(=O)N(CC(CC)CCCC)CC(CC)CCCC. The fourth-order valence-corrected chi connectivity index (χ4v) is 4.24. The number of rotatable bonds is 22. The van der Waals surface area contributed by atoms with Gasteiger partial charge in [0.1, 0.15) is 0 Å². The molecule has 0 rings (SSSR count). The van der Waals surface area contributed by atoms with Gasteiger partial charge in [0.05, 0.1) is 13.0 Å². The van der Waals surface area contributed by atoms with Crippen LogP contribution in [0.1, 0.15) is 137 Å². The minimum atomic E-state index is -0.220. The summed E-state index contributed by atoms with van der Waals surface area (Å²) in [4.78, 5) is 27.3. The van der Waals surface area contributed by atoms with Crippen molar-refractivity contribution in [1.82, 2.24) is 4.90 Å². The van der Waals surface area contributed by atoms with E-state index in [1.54, 1.807) is 0 Å². The fraction of sp³-hybridized carbons (Fsp3) is 0.929. The summed E-state index contributed by atoms with van der Waals surface area (Å²) in [5.41, 5.74) is 0. The van der Waals surface area contributed by atoms with Crippen molar-refractivity contribution < 1.29 is 14.3 Å². The molecule has 2 atom stereocenters. The lowest BCUT2D eigenvalue weighted by molar-refractivity contribution is -0.146. The van der Waals surface area contributed by atoms with Crippen LogP contribution in [0.5, 0.6) is 0 Å². The van der Waals surface area contributed by atoms with Gasteiger partial charge in [0.25, 0.3) is 0 Å². The van der Waals surface area contributed by atoms with Crippen LogP contribution in [-0.2, 0) is 14.3 Å². The first-order valence-corrected chi connectivity index (χ1v) is 13.9. The minimum absolute atomic E-state index is 0.131. The predicted molar refractivity (Wildman–Crippen MR) is 137 cm³/mol. The molecule has 0 saturated carbocycles. The van der Waals surface area contributed by atoms with E-state index >= 15 is 0 Å². The number of hydrogen-bond acceptors (Lipinski definition) is 3. The van der Waals surface area contributed by atoms with Gasteiger partial charge in [-0.05, 0) is 31.1 Å². The Balaban J connectivity index is 4.60. The van der Waals surface area contributed by atoms with Gasteiger partial charge in [-0.1, -0.05) is 105 Å². The monoisotopic (exact) mass is 453 g/mol.